The van der Waals surface area contributed by atoms with Gasteiger partial charge >= 0.3 is 11.9 Å². The van der Waals surface area contributed by atoms with E-state index in [1.807, 2.05) is 0 Å². The molecule has 1 unspecified atom stereocenters. The van der Waals surface area contributed by atoms with E-state index in [0.717, 1.165) is 10.5 Å². The van der Waals surface area contributed by atoms with Crippen LogP contribution < -0.4 is 5.32 Å². The number of thioether (sulfide) groups is 1. The number of fused-ring (bicyclic) bond motifs is 3. The first-order chi connectivity index (χ1) is 11.0. The number of aliphatic imine (C=N–C) groups is 1. The molecule has 1 aromatic rings. The molecule has 1 atom stereocenters. The Kier molecular flexibility index (Phi) is 4.16. The SMILES string of the molecule is CCOC(=O)C1=Nc2c(O)cc3c(c2SC1)CC(C(=O)OC)N3. The van der Waals surface area contributed by atoms with Crippen LogP contribution in [0.15, 0.2) is 16.0 Å². The van der Waals surface area contributed by atoms with E-state index in [2.05, 4.69) is 10.3 Å². The first-order valence-corrected chi connectivity index (χ1v) is 8.14. The van der Waals surface area contributed by atoms with Gasteiger partial charge in [-0.1, -0.05) is 0 Å². The van der Waals surface area contributed by atoms with Crippen LogP contribution in [0.4, 0.5) is 11.4 Å². The number of carbonyl (C=O) groups is 2. The van der Waals surface area contributed by atoms with Gasteiger partial charge in [0.1, 0.15) is 23.2 Å². The number of methoxy groups -OCH3 is 1. The van der Waals surface area contributed by atoms with Gasteiger partial charge in [0.25, 0.3) is 0 Å². The average molecular weight is 336 g/mol. The minimum Gasteiger partial charge on any atom is -0.506 e. The summed E-state index contributed by atoms with van der Waals surface area (Å²) in [6, 6.07) is 1.05. The number of nitrogens with zero attached hydrogens (tertiary/aromatic N) is 1. The van der Waals surface area contributed by atoms with E-state index < -0.39 is 12.0 Å². The number of rotatable bonds is 3. The largest absolute Gasteiger partial charge is 0.506 e. The number of phenolic OH excluding ortho intramolecular Hbond substituents is 1. The Morgan fingerprint density at radius 1 is 1.52 bits per heavy atom. The topological polar surface area (TPSA) is 97.2 Å². The highest BCUT2D eigenvalue weighted by molar-refractivity contribution is 8.00. The molecule has 2 aliphatic rings. The van der Waals surface area contributed by atoms with Crippen LogP contribution in [-0.2, 0) is 25.5 Å². The summed E-state index contributed by atoms with van der Waals surface area (Å²) in [7, 11) is 1.34. The standard InChI is InChI=1S/C15H16N2O5S/c1-3-22-15(20)10-6-23-13-7-4-9(14(19)21-2)16-8(7)5-11(18)12(13)17-10/h5,9,16,18H,3-4,6H2,1-2H3. The molecule has 0 aliphatic carbocycles. The van der Waals surface area contributed by atoms with Gasteiger partial charge in [0.05, 0.1) is 13.7 Å². The van der Waals surface area contributed by atoms with Crippen molar-refractivity contribution in [2.75, 3.05) is 24.8 Å². The summed E-state index contributed by atoms with van der Waals surface area (Å²) < 4.78 is 9.71. The van der Waals surface area contributed by atoms with E-state index >= 15 is 0 Å². The maximum atomic E-state index is 11.8. The van der Waals surface area contributed by atoms with Gasteiger partial charge in [-0.3, -0.25) is 0 Å². The Labute approximate surface area is 137 Å². The minimum absolute atomic E-state index is 0.0363. The van der Waals surface area contributed by atoms with Crippen molar-refractivity contribution in [3.8, 4) is 5.75 Å². The lowest BCUT2D eigenvalue weighted by molar-refractivity contribution is -0.141. The number of hydrogen-bond donors (Lipinski definition) is 2. The van der Waals surface area contributed by atoms with Gasteiger partial charge in [-0.25, -0.2) is 14.6 Å². The molecule has 0 saturated carbocycles. The van der Waals surface area contributed by atoms with Crippen molar-refractivity contribution < 1.29 is 24.2 Å². The third-order valence-corrected chi connectivity index (χ3v) is 4.82. The Balaban J connectivity index is 1.97. The smallest absolute Gasteiger partial charge is 0.353 e. The molecule has 3 rings (SSSR count). The third kappa shape index (κ3) is 2.74. The summed E-state index contributed by atoms with van der Waals surface area (Å²) in [4.78, 5) is 28.6. The van der Waals surface area contributed by atoms with Gasteiger partial charge in [-0.15, -0.1) is 11.8 Å². The Bertz CT molecular complexity index is 716. The first-order valence-electron chi connectivity index (χ1n) is 7.15. The fraction of sp³-hybridized carbons (Fsp3) is 0.400. The predicted octanol–water partition coefficient (Wildman–Crippen LogP) is 1.64. The van der Waals surface area contributed by atoms with Crippen molar-refractivity contribution in [1.82, 2.24) is 0 Å². The Morgan fingerprint density at radius 3 is 3.00 bits per heavy atom. The quantitative estimate of drug-likeness (QED) is 0.810. The fourth-order valence-corrected chi connectivity index (χ4v) is 3.74. The van der Waals surface area contributed by atoms with E-state index in [0.29, 0.717) is 23.5 Å². The first kappa shape index (κ1) is 15.7. The average Bonchev–Trinajstić information content (AvgIpc) is 2.98. The van der Waals surface area contributed by atoms with Gasteiger partial charge in [0.15, 0.2) is 0 Å². The molecule has 2 heterocycles. The zero-order chi connectivity index (χ0) is 16.6. The van der Waals surface area contributed by atoms with E-state index in [-0.39, 0.29) is 24.0 Å². The van der Waals surface area contributed by atoms with E-state index in [9.17, 15) is 14.7 Å². The lowest BCUT2D eigenvalue weighted by Gasteiger charge is -2.18. The summed E-state index contributed by atoms with van der Waals surface area (Å²) in [5.41, 5.74) is 2.23. The van der Waals surface area contributed by atoms with Crippen LogP contribution in [-0.4, -0.2) is 48.3 Å². The summed E-state index contributed by atoms with van der Waals surface area (Å²) >= 11 is 1.41. The second-order valence-corrected chi connectivity index (χ2v) is 6.08. The summed E-state index contributed by atoms with van der Waals surface area (Å²) in [5.74, 6) is -0.502. The fourth-order valence-electron chi connectivity index (χ4n) is 2.62. The molecule has 0 fully saturated rings. The monoisotopic (exact) mass is 336 g/mol. The van der Waals surface area contributed by atoms with Crippen molar-refractivity contribution in [2.24, 2.45) is 4.99 Å². The van der Waals surface area contributed by atoms with Crippen molar-refractivity contribution in [2.45, 2.75) is 24.3 Å². The molecule has 7 nitrogen and oxygen atoms in total. The minimum atomic E-state index is -0.476. The van der Waals surface area contributed by atoms with Crippen LogP contribution in [0, 0.1) is 0 Å². The molecule has 23 heavy (non-hydrogen) atoms. The molecule has 2 N–H and O–H groups in total. The highest BCUT2D eigenvalue weighted by Crippen LogP contribution is 2.48. The molecule has 122 valence electrons. The number of aromatic hydroxyl groups is 1. The van der Waals surface area contributed by atoms with Gasteiger partial charge < -0.3 is 19.9 Å². The maximum Gasteiger partial charge on any atom is 0.353 e. The molecule has 1 aromatic carbocycles. The molecule has 2 aliphatic heterocycles. The molecule has 0 aromatic heterocycles. The molecule has 0 amide bonds. The molecule has 0 bridgehead atoms. The number of anilines is 1. The van der Waals surface area contributed by atoms with Gasteiger partial charge in [0, 0.05) is 28.8 Å². The Hall–Kier alpha value is -2.22. The highest BCUT2D eigenvalue weighted by atomic mass is 32.2. The van der Waals surface area contributed by atoms with Crippen LogP contribution in [0.2, 0.25) is 0 Å². The summed E-state index contributed by atoms with van der Waals surface area (Å²) in [6.45, 7) is 2.00. The number of phenols is 1. The molecule has 0 radical (unpaired) electrons. The second-order valence-electron chi connectivity index (χ2n) is 5.09. The van der Waals surface area contributed by atoms with Crippen molar-refractivity contribution in [1.29, 1.82) is 0 Å². The lowest BCUT2D eigenvalue weighted by Crippen LogP contribution is -2.28. The normalized spacial score (nSPS) is 18.3. The second kappa shape index (κ2) is 6.11. The van der Waals surface area contributed by atoms with Crippen LogP contribution in [0.1, 0.15) is 12.5 Å². The Morgan fingerprint density at radius 2 is 2.30 bits per heavy atom. The van der Waals surface area contributed by atoms with Crippen molar-refractivity contribution >= 4 is 40.8 Å². The number of ether oxygens (including phenoxy) is 2. The number of hydrogen-bond acceptors (Lipinski definition) is 8. The van der Waals surface area contributed by atoms with E-state index in [1.54, 1.807) is 6.92 Å². The number of carbonyl (C=O) groups excluding carboxylic acids is 2. The number of benzene rings is 1. The van der Waals surface area contributed by atoms with E-state index in [1.165, 1.54) is 24.9 Å². The van der Waals surface area contributed by atoms with Crippen LogP contribution >= 0.6 is 11.8 Å². The third-order valence-electron chi connectivity index (χ3n) is 3.67. The molecule has 8 heteroatoms. The highest BCUT2D eigenvalue weighted by Gasteiger charge is 2.33. The summed E-state index contributed by atoms with van der Waals surface area (Å²) in [5, 5.41) is 13.2. The van der Waals surface area contributed by atoms with Crippen molar-refractivity contribution in [3.05, 3.63) is 11.6 Å². The number of nitrogens with one attached hydrogen (secondary N) is 1. The van der Waals surface area contributed by atoms with Crippen LogP contribution in [0.5, 0.6) is 5.75 Å². The predicted molar refractivity (Wildman–Crippen MR) is 85.7 cm³/mol. The molecule has 0 saturated heterocycles. The molecule has 0 spiro atoms. The van der Waals surface area contributed by atoms with Gasteiger partial charge in [-0.2, -0.15) is 0 Å². The zero-order valence-corrected chi connectivity index (χ0v) is 13.5. The number of esters is 2. The van der Waals surface area contributed by atoms with Crippen LogP contribution in [0.25, 0.3) is 0 Å². The van der Waals surface area contributed by atoms with Crippen LogP contribution in [0.3, 0.4) is 0 Å². The van der Waals surface area contributed by atoms with Crippen molar-refractivity contribution in [3.63, 3.8) is 0 Å². The zero-order valence-electron chi connectivity index (χ0n) is 12.7. The maximum absolute atomic E-state index is 11.8. The molecular weight excluding hydrogens is 320 g/mol. The van der Waals surface area contributed by atoms with Gasteiger partial charge in [0.2, 0.25) is 0 Å². The summed E-state index contributed by atoms with van der Waals surface area (Å²) in [6.07, 6.45) is 0.460. The van der Waals surface area contributed by atoms with E-state index in [4.69, 9.17) is 9.47 Å². The molecular formula is C15H16N2O5S. The van der Waals surface area contributed by atoms with Gasteiger partial charge in [-0.05, 0) is 12.5 Å². The lowest BCUT2D eigenvalue weighted by atomic mass is 10.1.